The number of nitrogens with one attached hydrogen (secondary N) is 1. The van der Waals surface area contributed by atoms with Gasteiger partial charge in [-0.25, -0.2) is 0 Å². The first kappa shape index (κ1) is 19.4. The highest BCUT2D eigenvalue weighted by molar-refractivity contribution is 6.05. The van der Waals surface area contributed by atoms with Crippen LogP contribution in [0.2, 0.25) is 0 Å². The Morgan fingerprint density at radius 3 is 2.32 bits per heavy atom. The highest BCUT2D eigenvalue weighted by Gasteiger charge is 2.12. The minimum absolute atomic E-state index is 0.196. The zero-order valence-electron chi connectivity index (χ0n) is 16.5. The molecule has 1 amide bonds. The van der Waals surface area contributed by atoms with Gasteiger partial charge in [-0.3, -0.25) is 9.78 Å². The van der Waals surface area contributed by atoms with Crippen molar-refractivity contribution < 1.29 is 14.3 Å². The lowest BCUT2D eigenvalue weighted by atomic mass is 10.1. The smallest absolute Gasteiger partial charge is 0.257 e. The highest BCUT2D eigenvalue weighted by Crippen LogP contribution is 2.27. The summed E-state index contributed by atoms with van der Waals surface area (Å²) in [6, 6.07) is 18.3. The number of nitrogens with zero attached hydrogens (tertiary/aromatic N) is 1. The van der Waals surface area contributed by atoms with E-state index in [1.807, 2.05) is 55.5 Å². The molecule has 0 spiro atoms. The molecule has 0 aliphatic rings. The van der Waals surface area contributed by atoms with Crippen molar-refractivity contribution in [3.63, 3.8) is 0 Å². The average Bonchev–Trinajstić information content (AvgIpc) is 2.68. The minimum Gasteiger partial charge on any atom is -0.497 e. The van der Waals surface area contributed by atoms with Crippen LogP contribution in [0.25, 0.3) is 0 Å². The molecule has 0 atom stereocenters. The van der Waals surface area contributed by atoms with E-state index in [2.05, 4.69) is 24.1 Å². The normalized spacial score (nSPS) is 10.6. The van der Waals surface area contributed by atoms with Crippen molar-refractivity contribution >= 4 is 11.6 Å². The van der Waals surface area contributed by atoms with E-state index in [1.54, 1.807) is 19.2 Å². The lowest BCUT2D eigenvalue weighted by Gasteiger charge is -2.12. The number of anilines is 1. The van der Waals surface area contributed by atoms with E-state index in [0.29, 0.717) is 34.4 Å². The summed E-state index contributed by atoms with van der Waals surface area (Å²) in [5.41, 5.74) is 2.90. The van der Waals surface area contributed by atoms with Gasteiger partial charge in [0.2, 0.25) is 0 Å². The van der Waals surface area contributed by atoms with Gasteiger partial charge in [-0.1, -0.05) is 26.0 Å². The molecule has 28 heavy (non-hydrogen) atoms. The molecule has 0 bridgehead atoms. The predicted molar refractivity (Wildman–Crippen MR) is 111 cm³/mol. The van der Waals surface area contributed by atoms with Crippen LogP contribution in [0.4, 0.5) is 5.69 Å². The van der Waals surface area contributed by atoms with Gasteiger partial charge in [0, 0.05) is 23.5 Å². The number of aryl methyl sites for hydroxylation is 1. The summed E-state index contributed by atoms with van der Waals surface area (Å²) in [4.78, 5) is 17.2. The molecule has 0 aliphatic carbocycles. The highest BCUT2D eigenvalue weighted by atomic mass is 16.5. The van der Waals surface area contributed by atoms with Crippen LogP contribution in [-0.4, -0.2) is 18.0 Å². The molecule has 5 heteroatoms. The van der Waals surface area contributed by atoms with Gasteiger partial charge in [0.25, 0.3) is 5.91 Å². The average molecular weight is 376 g/mol. The molecule has 0 fully saturated rings. The molecule has 0 saturated heterocycles. The van der Waals surface area contributed by atoms with Gasteiger partial charge in [-0.05, 0) is 49.2 Å². The molecular weight excluding hydrogens is 352 g/mol. The second kappa shape index (κ2) is 8.57. The van der Waals surface area contributed by atoms with Crippen LogP contribution >= 0.6 is 0 Å². The molecule has 3 aromatic rings. The van der Waals surface area contributed by atoms with Gasteiger partial charge in [0.1, 0.15) is 17.2 Å². The Hall–Kier alpha value is -3.34. The van der Waals surface area contributed by atoms with Gasteiger partial charge in [-0.2, -0.15) is 0 Å². The molecule has 144 valence electrons. The molecule has 1 N–H and O–H groups in total. The van der Waals surface area contributed by atoms with Crippen LogP contribution in [0, 0.1) is 6.92 Å². The van der Waals surface area contributed by atoms with Gasteiger partial charge in [0.05, 0.1) is 18.4 Å². The predicted octanol–water partition coefficient (Wildman–Crippen LogP) is 5.57. The lowest BCUT2D eigenvalue weighted by Crippen LogP contribution is -2.14. The van der Waals surface area contributed by atoms with Crippen LogP contribution in [0.15, 0.2) is 60.7 Å². The van der Waals surface area contributed by atoms with Crippen molar-refractivity contribution in [2.45, 2.75) is 26.7 Å². The Labute approximate surface area is 165 Å². The fourth-order valence-electron chi connectivity index (χ4n) is 2.78. The van der Waals surface area contributed by atoms with E-state index >= 15 is 0 Å². The monoisotopic (exact) mass is 376 g/mol. The maximum atomic E-state index is 12.7. The fourth-order valence-corrected chi connectivity index (χ4v) is 2.78. The number of rotatable bonds is 6. The zero-order valence-corrected chi connectivity index (χ0v) is 16.5. The molecule has 1 aromatic heterocycles. The number of methoxy groups -OCH3 is 1. The summed E-state index contributed by atoms with van der Waals surface area (Å²) < 4.78 is 11.1. The maximum absolute atomic E-state index is 12.7. The second-order valence-electron chi connectivity index (χ2n) is 6.79. The number of hydrogen-bond donors (Lipinski definition) is 1. The van der Waals surface area contributed by atoms with Crippen LogP contribution in [-0.2, 0) is 0 Å². The van der Waals surface area contributed by atoms with Crippen molar-refractivity contribution in [1.29, 1.82) is 0 Å². The van der Waals surface area contributed by atoms with E-state index in [-0.39, 0.29) is 5.91 Å². The molecule has 3 rings (SSSR count). The fraction of sp³-hybridized carbons (Fsp3) is 0.217. The molecule has 0 saturated carbocycles. The van der Waals surface area contributed by atoms with Crippen molar-refractivity contribution in [3.05, 3.63) is 77.6 Å². The summed E-state index contributed by atoms with van der Waals surface area (Å²) in [5.74, 6) is 2.12. The first-order valence-corrected chi connectivity index (χ1v) is 9.17. The largest absolute Gasteiger partial charge is 0.497 e. The third kappa shape index (κ3) is 4.68. The Morgan fingerprint density at radius 1 is 0.964 bits per heavy atom. The SMILES string of the molecule is COc1cccc(Oc2cccc(NC(=O)c3ccc(C(C)C)nc3C)c2)c1. The van der Waals surface area contributed by atoms with Crippen LogP contribution in [0.3, 0.4) is 0 Å². The van der Waals surface area contributed by atoms with E-state index in [1.165, 1.54) is 0 Å². The van der Waals surface area contributed by atoms with Crippen molar-refractivity contribution in [1.82, 2.24) is 4.98 Å². The molecular formula is C23H24N2O3. The standard InChI is InChI=1S/C23H24N2O3/c1-15(2)22-12-11-21(16(3)24-22)23(26)25-17-7-5-9-19(13-17)28-20-10-6-8-18(14-20)27-4/h5-15H,1-4H3,(H,25,26). The van der Waals surface area contributed by atoms with E-state index in [0.717, 1.165) is 11.4 Å². The molecule has 5 nitrogen and oxygen atoms in total. The third-order valence-corrected chi connectivity index (χ3v) is 4.31. The topological polar surface area (TPSA) is 60.5 Å². The Morgan fingerprint density at radius 2 is 1.64 bits per heavy atom. The van der Waals surface area contributed by atoms with E-state index < -0.39 is 0 Å². The second-order valence-corrected chi connectivity index (χ2v) is 6.79. The Bertz CT molecular complexity index is 983. The van der Waals surface area contributed by atoms with E-state index in [4.69, 9.17) is 9.47 Å². The van der Waals surface area contributed by atoms with Crippen molar-refractivity contribution in [2.24, 2.45) is 0 Å². The van der Waals surface area contributed by atoms with Crippen LogP contribution in [0.1, 0.15) is 41.5 Å². The van der Waals surface area contributed by atoms with E-state index in [9.17, 15) is 4.79 Å². The molecule has 0 radical (unpaired) electrons. The number of carbonyl (C=O) groups is 1. The number of ether oxygens (including phenoxy) is 2. The molecule has 0 unspecified atom stereocenters. The Kier molecular flexibility index (Phi) is 5.94. The van der Waals surface area contributed by atoms with Gasteiger partial charge >= 0.3 is 0 Å². The summed E-state index contributed by atoms with van der Waals surface area (Å²) in [5, 5.41) is 2.91. The third-order valence-electron chi connectivity index (χ3n) is 4.31. The molecule has 2 aromatic carbocycles. The molecule has 0 aliphatic heterocycles. The number of carbonyl (C=O) groups excluding carboxylic acids is 1. The van der Waals surface area contributed by atoms with Crippen LogP contribution in [0.5, 0.6) is 17.2 Å². The maximum Gasteiger partial charge on any atom is 0.257 e. The minimum atomic E-state index is -0.196. The summed E-state index contributed by atoms with van der Waals surface area (Å²) in [7, 11) is 1.61. The quantitative estimate of drug-likeness (QED) is 0.611. The number of pyridine rings is 1. The number of amides is 1. The first-order chi connectivity index (χ1) is 13.5. The van der Waals surface area contributed by atoms with Crippen molar-refractivity contribution in [3.8, 4) is 17.2 Å². The summed E-state index contributed by atoms with van der Waals surface area (Å²) in [6.07, 6.45) is 0. The number of aromatic nitrogens is 1. The summed E-state index contributed by atoms with van der Waals surface area (Å²) >= 11 is 0. The summed E-state index contributed by atoms with van der Waals surface area (Å²) in [6.45, 7) is 6.01. The van der Waals surface area contributed by atoms with Crippen LogP contribution < -0.4 is 14.8 Å². The van der Waals surface area contributed by atoms with Crippen molar-refractivity contribution in [2.75, 3.05) is 12.4 Å². The zero-order chi connectivity index (χ0) is 20.1. The lowest BCUT2D eigenvalue weighted by molar-refractivity contribution is 0.102. The van der Waals surface area contributed by atoms with Gasteiger partial charge in [0.15, 0.2) is 0 Å². The number of benzene rings is 2. The van der Waals surface area contributed by atoms with Gasteiger partial charge < -0.3 is 14.8 Å². The Balaban J connectivity index is 1.74. The molecule has 1 heterocycles. The first-order valence-electron chi connectivity index (χ1n) is 9.17. The number of hydrogen-bond acceptors (Lipinski definition) is 4. The van der Waals surface area contributed by atoms with Gasteiger partial charge in [-0.15, -0.1) is 0 Å².